The predicted molar refractivity (Wildman–Crippen MR) is 213 cm³/mol. The van der Waals surface area contributed by atoms with Gasteiger partial charge in [0, 0.05) is 61.4 Å². The normalized spacial score (nSPS) is 17.0. The van der Waals surface area contributed by atoms with Gasteiger partial charge in [-0.2, -0.15) is 32.1 Å². The lowest BCUT2D eigenvalue weighted by Gasteiger charge is -2.32. The van der Waals surface area contributed by atoms with E-state index in [1.54, 1.807) is 36.2 Å². The highest BCUT2D eigenvalue weighted by Gasteiger charge is 2.55. The van der Waals surface area contributed by atoms with E-state index >= 15 is 8.78 Å². The second-order valence-corrected chi connectivity index (χ2v) is 15.8. The lowest BCUT2D eigenvalue weighted by atomic mass is 9.93. The van der Waals surface area contributed by atoms with Crippen molar-refractivity contribution in [3.8, 4) is 35.3 Å². The minimum atomic E-state index is -5.15. The van der Waals surface area contributed by atoms with Crippen molar-refractivity contribution in [1.29, 1.82) is 0 Å². The van der Waals surface area contributed by atoms with Crippen LogP contribution < -0.4 is 10.6 Å². The third kappa shape index (κ3) is 8.95. The van der Waals surface area contributed by atoms with E-state index in [9.17, 15) is 36.6 Å². The SMILES string of the molecule is C#CC1Cc2c(C(F)(F)F)nn(CC(=O)NC(Cc3cc(F)cc(F)c3)c3nc(C#CC(C)(C)O)ccc3-c3cccc4c(NC(=O)N5CCN(C)CC5)nn(C)c34)c2C1(F)F. The molecule has 5 aromatic rings. The van der Waals surface area contributed by atoms with Crippen LogP contribution in [-0.4, -0.2) is 90.2 Å². The number of aryl methyl sites for hydroxylation is 1. The average molecular weight is 864 g/mol. The van der Waals surface area contributed by atoms with Gasteiger partial charge in [0.25, 0.3) is 0 Å². The molecule has 4 heterocycles. The van der Waals surface area contributed by atoms with Gasteiger partial charge in [0.15, 0.2) is 11.5 Å². The number of pyridine rings is 1. The number of benzene rings is 2. The maximum Gasteiger partial charge on any atom is 0.435 e. The monoisotopic (exact) mass is 863 g/mol. The van der Waals surface area contributed by atoms with Crippen molar-refractivity contribution in [2.75, 3.05) is 38.5 Å². The van der Waals surface area contributed by atoms with E-state index in [1.165, 1.54) is 24.6 Å². The van der Waals surface area contributed by atoms with Crippen molar-refractivity contribution in [3.05, 3.63) is 94.1 Å². The smallest absolute Gasteiger partial charge is 0.378 e. The lowest BCUT2D eigenvalue weighted by Crippen LogP contribution is -2.48. The molecule has 0 radical (unpaired) electrons. The quantitative estimate of drug-likeness (QED) is 0.128. The number of piperazine rings is 1. The van der Waals surface area contributed by atoms with E-state index in [0.717, 1.165) is 12.1 Å². The molecule has 1 saturated heterocycles. The maximum atomic E-state index is 15.5. The molecule has 0 bridgehead atoms. The lowest BCUT2D eigenvalue weighted by molar-refractivity contribution is -0.142. The Kier molecular flexibility index (Phi) is 11.6. The second-order valence-electron chi connectivity index (χ2n) is 15.8. The number of terminal acetylenes is 1. The van der Waals surface area contributed by atoms with Crippen LogP contribution in [0.1, 0.15) is 53.8 Å². The Bertz CT molecular complexity index is 2660. The van der Waals surface area contributed by atoms with Crippen LogP contribution in [0.25, 0.3) is 22.0 Å². The number of carbonyl (C=O) groups excluding carboxylic acids is 2. The number of aliphatic hydroxyl groups is 1. The molecule has 3 aromatic heterocycles. The number of rotatable bonds is 8. The molecule has 19 heteroatoms. The number of para-hydroxylation sites is 1. The molecule has 3 amide bonds. The highest BCUT2D eigenvalue weighted by molar-refractivity contribution is 6.04. The first-order valence-corrected chi connectivity index (χ1v) is 19.4. The molecule has 2 aromatic carbocycles. The number of hydrogen-bond donors (Lipinski definition) is 3. The van der Waals surface area contributed by atoms with Gasteiger partial charge in [-0.3, -0.25) is 19.5 Å². The van der Waals surface area contributed by atoms with E-state index in [0.29, 0.717) is 54.3 Å². The van der Waals surface area contributed by atoms with Gasteiger partial charge < -0.3 is 20.2 Å². The molecule has 0 saturated carbocycles. The van der Waals surface area contributed by atoms with Gasteiger partial charge in [-0.25, -0.2) is 18.6 Å². The van der Waals surface area contributed by atoms with Crippen molar-refractivity contribution in [3.63, 3.8) is 0 Å². The summed E-state index contributed by atoms with van der Waals surface area (Å²) in [5.74, 6) is -1.40. The zero-order valence-corrected chi connectivity index (χ0v) is 33.8. The summed E-state index contributed by atoms with van der Waals surface area (Å²) in [6.45, 7) is 4.10. The Hall–Kier alpha value is -6.44. The minimum absolute atomic E-state index is 0.0175. The number of hydrogen-bond acceptors (Lipinski definition) is 7. The first-order chi connectivity index (χ1) is 29.1. The number of urea groups is 1. The highest BCUT2D eigenvalue weighted by Crippen LogP contribution is 2.49. The van der Waals surface area contributed by atoms with Crippen LogP contribution in [0, 0.1) is 41.7 Å². The number of anilines is 1. The van der Waals surface area contributed by atoms with Crippen molar-refractivity contribution < 1.29 is 45.4 Å². The molecule has 7 rings (SSSR count). The van der Waals surface area contributed by atoms with E-state index in [2.05, 4.69) is 37.6 Å². The van der Waals surface area contributed by atoms with Gasteiger partial charge in [0.2, 0.25) is 5.91 Å². The van der Waals surface area contributed by atoms with Crippen LogP contribution in [-0.2, 0) is 43.3 Å². The molecule has 324 valence electrons. The Morgan fingerprint density at radius 2 is 1.69 bits per heavy atom. The molecular weight excluding hydrogens is 824 g/mol. The van der Waals surface area contributed by atoms with Crippen LogP contribution in [0.5, 0.6) is 0 Å². The Morgan fingerprint density at radius 1 is 1.00 bits per heavy atom. The second kappa shape index (κ2) is 16.4. The van der Waals surface area contributed by atoms with Gasteiger partial charge in [0.05, 0.1) is 23.2 Å². The summed E-state index contributed by atoms with van der Waals surface area (Å²) in [5, 5.41) is 24.4. The topological polar surface area (TPSA) is 133 Å². The zero-order valence-electron chi connectivity index (χ0n) is 33.8. The molecule has 0 spiro atoms. The van der Waals surface area contributed by atoms with Crippen LogP contribution in [0.15, 0.2) is 48.5 Å². The van der Waals surface area contributed by atoms with E-state index < -0.39 is 77.1 Å². The molecule has 3 N–H and O–H groups in total. The number of fused-ring (bicyclic) bond motifs is 2. The molecule has 62 heavy (non-hydrogen) atoms. The van der Waals surface area contributed by atoms with Crippen LogP contribution in [0.2, 0.25) is 0 Å². The summed E-state index contributed by atoms with van der Waals surface area (Å²) in [6.07, 6.45) is -1.08. The van der Waals surface area contributed by atoms with Gasteiger partial charge in [-0.15, -0.1) is 6.42 Å². The van der Waals surface area contributed by atoms with Gasteiger partial charge in [-0.1, -0.05) is 24.0 Å². The minimum Gasteiger partial charge on any atom is -0.378 e. The van der Waals surface area contributed by atoms with Crippen LogP contribution >= 0.6 is 0 Å². The van der Waals surface area contributed by atoms with Crippen LogP contribution in [0.4, 0.5) is 41.3 Å². The Morgan fingerprint density at radius 3 is 2.34 bits per heavy atom. The predicted octanol–water partition coefficient (Wildman–Crippen LogP) is 6.03. The number of nitrogens with zero attached hydrogens (tertiary/aromatic N) is 7. The van der Waals surface area contributed by atoms with E-state index in [1.807, 2.05) is 13.0 Å². The molecule has 2 atom stereocenters. The summed E-state index contributed by atoms with van der Waals surface area (Å²) in [4.78, 5) is 35.8. The van der Waals surface area contributed by atoms with Crippen molar-refractivity contribution >= 4 is 28.7 Å². The molecule has 2 aliphatic rings. The van der Waals surface area contributed by atoms with Gasteiger partial charge >= 0.3 is 18.1 Å². The molecule has 1 fully saturated rings. The third-order valence-electron chi connectivity index (χ3n) is 10.6. The first-order valence-electron chi connectivity index (χ1n) is 19.4. The van der Waals surface area contributed by atoms with Crippen molar-refractivity contribution in [1.82, 2.24) is 39.7 Å². The summed E-state index contributed by atoms with van der Waals surface area (Å²) in [5.41, 5.74) is -3.67. The molecular formula is C43H40F7N9O3. The number of aromatic nitrogens is 5. The molecule has 2 unspecified atom stereocenters. The zero-order chi connectivity index (χ0) is 44.9. The summed E-state index contributed by atoms with van der Waals surface area (Å²) in [6, 6.07) is 9.17. The van der Waals surface area contributed by atoms with Crippen LogP contribution in [0.3, 0.4) is 0 Å². The van der Waals surface area contributed by atoms with E-state index in [-0.39, 0.29) is 39.9 Å². The highest BCUT2D eigenvalue weighted by atomic mass is 19.4. The summed E-state index contributed by atoms with van der Waals surface area (Å²) >= 11 is 0. The molecule has 1 aliphatic heterocycles. The van der Waals surface area contributed by atoms with Gasteiger partial charge in [-0.05, 0) is 75.6 Å². The average Bonchev–Trinajstić information content (AvgIpc) is 3.81. The molecule has 1 aliphatic carbocycles. The fourth-order valence-corrected chi connectivity index (χ4v) is 7.72. The number of carbonyl (C=O) groups is 2. The summed E-state index contributed by atoms with van der Waals surface area (Å²) in [7, 11) is 3.60. The van der Waals surface area contributed by atoms with Gasteiger partial charge in [0.1, 0.15) is 35.2 Å². The number of nitrogens with one attached hydrogen (secondary N) is 2. The largest absolute Gasteiger partial charge is 0.435 e. The number of likely N-dealkylation sites (N-methyl/N-ethyl adjacent to an activating group) is 1. The van der Waals surface area contributed by atoms with Crippen molar-refractivity contribution in [2.24, 2.45) is 13.0 Å². The first kappa shape index (κ1) is 43.6. The standard InChI is InChI=1S/C43H40F7N9O3/c1-6-25-21-32-37(43(48,49)50)54-59(38(32)42(25,46)47)23-34(60)52-33(20-24-18-26(44)22-27(45)19-24)35-29(11-10-28(51-35)12-13-41(2,3)62)30-8-7-9-31-36(30)57(5)55-39(31)53-40(61)58-16-14-56(4)15-17-58/h1,7-11,18-19,22,25,33,62H,14-17,20-21,23H2,2-5H3,(H,52,60)(H,53,55,61). The number of halogens is 7. The number of amides is 3. The Labute approximate surface area is 351 Å². The van der Waals surface area contributed by atoms with Crippen molar-refractivity contribution in [2.45, 2.75) is 57.0 Å². The molecule has 12 nitrogen and oxygen atoms in total. The van der Waals surface area contributed by atoms with E-state index in [4.69, 9.17) is 11.4 Å². The fourth-order valence-electron chi connectivity index (χ4n) is 7.72. The number of alkyl halides is 5. The fraction of sp³-hybridized carbons (Fsp3) is 0.372. The summed E-state index contributed by atoms with van der Waals surface area (Å²) < 4.78 is 104. The Balaban J connectivity index is 1.34. The maximum absolute atomic E-state index is 15.5. The third-order valence-corrected chi connectivity index (χ3v) is 10.6.